The number of nitrogens with zero attached hydrogens (tertiary/aromatic N) is 1. The summed E-state index contributed by atoms with van der Waals surface area (Å²) < 4.78 is 37.3. The summed E-state index contributed by atoms with van der Waals surface area (Å²) in [5.74, 6) is -2.27. The molecule has 1 aliphatic rings. The van der Waals surface area contributed by atoms with Crippen molar-refractivity contribution in [3.05, 3.63) is 52.0 Å². The maximum Gasteiger partial charge on any atom is 0.343 e. The molecule has 3 rings (SSSR count). The number of fused-ring (bicyclic) bond motifs is 1. The summed E-state index contributed by atoms with van der Waals surface area (Å²) in [5, 5.41) is 9.66. The molecule has 0 fully saturated rings. The van der Waals surface area contributed by atoms with E-state index in [4.69, 9.17) is 21.1 Å². The third-order valence-corrected chi connectivity index (χ3v) is 4.41. The first-order valence-corrected chi connectivity index (χ1v) is 8.25. The van der Waals surface area contributed by atoms with Crippen molar-refractivity contribution in [1.29, 1.82) is 0 Å². The van der Waals surface area contributed by atoms with Crippen molar-refractivity contribution in [2.24, 2.45) is 0 Å². The summed E-state index contributed by atoms with van der Waals surface area (Å²) in [7, 11) is 1.33. The van der Waals surface area contributed by atoms with Crippen LogP contribution in [0.1, 0.15) is 15.9 Å². The number of hydrogen-bond donors (Lipinski definition) is 1. The highest BCUT2D eigenvalue weighted by molar-refractivity contribution is 6.33. The van der Waals surface area contributed by atoms with Crippen LogP contribution in [0.25, 0.3) is 0 Å². The predicted octanol–water partition coefficient (Wildman–Crippen LogP) is 3.77. The van der Waals surface area contributed by atoms with Gasteiger partial charge in [-0.15, -0.1) is 0 Å². The van der Waals surface area contributed by atoms with E-state index in [1.54, 1.807) is 6.07 Å². The quantitative estimate of drug-likeness (QED) is 0.851. The fraction of sp³-hybridized carbons (Fsp3) is 0.278. The van der Waals surface area contributed by atoms with Crippen LogP contribution in [-0.4, -0.2) is 37.9 Å². The Hall–Kier alpha value is -2.54. The fourth-order valence-electron chi connectivity index (χ4n) is 3.01. The molecule has 2 aromatic rings. The second kappa shape index (κ2) is 7.37. The smallest absolute Gasteiger partial charge is 0.343 e. The first-order valence-electron chi connectivity index (χ1n) is 7.87. The highest BCUT2D eigenvalue weighted by atomic mass is 35.5. The summed E-state index contributed by atoms with van der Waals surface area (Å²) in [6, 6.07) is 4.94. The average molecular weight is 384 g/mol. The summed E-state index contributed by atoms with van der Waals surface area (Å²) in [5.41, 5.74) is 0.876. The first kappa shape index (κ1) is 18.3. The zero-order valence-corrected chi connectivity index (χ0v) is 14.6. The molecule has 1 N–H and O–H groups in total. The van der Waals surface area contributed by atoms with Crippen LogP contribution in [0, 0.1) is 11.6 Å². The number of carboxylic acids is 1. The van der Waals surface area contributed by atoms with Gasteiger partial charge in [-0.2, -0.15) is 0 Å². The number of aromatic carboxylic acids is 1. The van der Waals surface area contributed by atoms with Crippen LogP contribution in [0.5, 0.6) is 11.5 Å². The lowest BCUT2D eigenvalue weighted by Crippen LogP contribution is -2.35. The number of benzene rings is 2. The standard InChI is InChI=1S/C18H16ClF2NO4/c1-25-16-13(19)9-14-17(15(16)18(23)24)26-5-4-22(14)3-2-10-6-11(20)8-12(21)7-10/h6-9H,2-5H2,1H3,(H,23,24). The number of ether oxygens (including phenoxy) is 2. The number of rotatable bonds is 5. The van der Waals surface area contributed by atoms with Gasteiger partial charge in [-0.05, 0) is 30.2 Å². The van der Waals surface area contributed by atoms with Crippen LogP contribution in [0.4, 0.5) is 14.5 Å². The number of carboxylic acid groups (broad SMARTS) is 1. The van der Waals surface area contributed by atoms with Gasteiger partial charge in [0.05, 0.1) is 24.4 Å². The number of halogens is 3. The van der Waals surface area contributed by atoms with Gasteiger partial charge in [0, 0.05) is 12.6 Å². The molecule has 1 heterocycles. The molecule has 0 radical (unpaired) electrons. The molecular weight excluding hydrogens is 368 g/mol. The molecule has 0 aromatic heterocycles. The third-order valence-electron chi connectivity index (χ3n) is 4.13. The minimum Gasteiger partial charge on any atom is -0.494 e. The topological polar surface area (TPSA) is 59.0 Å². The average Bonchev–Trinajstić information content (AvgIpc) is 2.57. The number of hydrogen-bond acceptors (Lipinski definition) is 4. The molecule has 8 heteroatoms. The minimum absolute atomic E-state index is 0.0342. The summed E-state index contributed by atoms with van der Waals surface area (Å²) in [6.45, 7) is 1.18. The lowest BCUT2D eigenvalue weighted by molar-refractivity contribution is 0.0688. The predicted molar refractivity (Wildman–Crippen MR) is 92.7 cm³/mol. The van der Waals surface area contributed by atoms with Crippen molar-refractivity contribution in [1.82, 2.24) is 0 Å². The Kier molecular flexibility index (Phi) is 5.18. The molecule has 2 aromatic carbocycles. The summed E-state index contributed by atoms with van der Waals surface area (Å²) in [4.78, 5) is 13.5. The molecule has 0 amide bonds. The Morgan fingerprint density at radius 3 is 2.62 bits per heavy atom. The van der Waals surface area contributed by atoms with Gasteiger partial charge in [0.1, 0.15) is 23.8 Å². The van der Waals surface area contributed by atoms with Gasteiger partial charge in [0.2, 0.25) is 0 Å². The first-order chi connectivity index (χ1) is 12.4. The van der Waals surface area contributed by atoms with Gasteiger partial charge >= 0.3 is 5.97 Å². The van der Waals surface area contributed by atoms with Crippen molar-refractivity contribution in [3.63, 3.8) is 0 Å². The van der Waals surface area contributed by atoms with Crippen LogP contribution in [0.15, 0.2) is 24.3 Å². The van der Waals surface area contributed by atoms with E-state index in [1.807, 2.05) is 4.90 Å². The zero-order chi connectivity index (χ0) is 18.8. The molecule has 0 aliphatic carbocycles. The van der Waals surface area contributed by atoms with Gasteiger partial charge in [0.15, 0.2) is 11.5 Å². The molecule has 138 valence electrons. The summed E-state index contributed by atoms with van der Waals surface area (Å²) in [6.07, 6.45) is 0.375. The molecule has 0 saturated heterocycles. The molecule has 0 atom stereocenters. The van der Waals surface area contributed by atoms with E-state index >= 15 is 0 Å². The van der Waals surface area contributed by atoms with E-state index in [-0.39, 0.29) is 28.7 Å². The normalized spacial score (nSPS) is 13.2. The van der Waals surface area contributed by atoms with E-state index < -0.39 is 17.6 Å². The van der Waals surface area contributed by atoms with Crippen molar-refractivity contribution in [2.75, 3.05) is 31.7 Å². The minimum atomic E-state index is -1.21. The van der Waals surface area contributed by atoms with Gasteiger partial charge < -0.3 is 19.5 Å². The number of methoxy groups -OCH3 is 1. The Balaban J connectivity index is 1.92. The SMILES string of the molecule is COc1c(Cl)cc2c(c1C(=O)O)OCCN2CCc1cc(F)cc(F)c1. The zero-order valence-electron chi connectivity index (χ0n) is 13.9. The monoisotopic (exact) mass is 383 g/mol. The van der Waals surface area contributed by atoms with Crippen molar-refractivity contribution >= 4 is 23.3 Å². The Morgan fingerprint density at radius 1 is 1.31 bits per heavy atom. The highest BCUT2D eigenvalue weighted by Gasteiger charge is 2.29. The molecule has 0 unspecified atom stereocenters. The Labute approximate surface area is 153 Å². The molecule has 0 saturated carbocycles. The fourth-order valence-corrected chi connectivity index (χ4v) is 3.28. The van der Waals surface area contributed by atoms with E-state index in [9.17, 15) is 18.7 Å². The van der Waals surface area contributed by atoms with Crippen LogP contribution < -0.4 is 14.4 Å². The molecule has 26 heavy (non-hydrogen) atoms. The van der Waals surface area contributed by atoms with Crippen molar-refractivity contribution < 1.29 is 28.2 Å². The summed E-state index contributed by atoms with van der Waals surface area (Å²) >= 11 is 6.16. The van der Waals surface area contributed by atoms with Gasteiger partial charge in [-0.3, -0.25) is 0 Å². The maximum atomic E-state index is 13.3. The molecule has 1 aliphatic heterocycles. The third kappa shape index (κ3) is 3.53. The van der Waals surface area contributed by atoms with E-state index in [0.717, 1.165) is 6.07 Å². The van der Waals surface area contributed by atoms with Gasteiger partial charge in [0.25, 0.3) is 0 Å². The van der Waals surface area contributed by atoms with Gasteiger partial charge in [-0.1, -0.05) is 11.6 Å². The molecule has 0 spiro atoms. The van der Waals surface area contributed by atoms with Crippen LogP contribution in [0.3, 0.4) is 0 Å². The maximum absolute atomic E-state index is 13.3. The molecular formula is C18H16ClF2NO4. The number of carbonyl (C=O) groups is 1. The van der Waals surface area contributed by atoms with Crippen LogP contribution in [-0.2, 0) is 6.42 Å². The Morgan fingerprint density at radius 2 is 2.00 bits per heavy atom. The van der Waals surface area contributed by atoms with Crippen LogP contribution >= 0.6 is 11.6 Å². The number of anilines is 1. The van der Waals surface area contributed by atoms with E-state index in [2.05, 4.69) is 0 Å². The second-order valence-corrected chi connectivity index (χ2v) is 6.19. The second-order valence-electron chi connectivity index (χ2n) is 5.78. The van der Waals surface area contributed by atoms with Crippen LogP contribution in [0.2, 0.25) is 5.02 Å². The van der Waals surface area contributed by atoms with E-state index in [1.165, 1.54) is 19.2 Å². The molecule has 5 nitrogen and oxygen atoms in total. The Bertz CT molecular complexity index is 839. The van der Waals surface area contributed by atoms with Crippen molar-refractivity contribution in [2.45, 2.75) is 6.42 Å². The lowest BCUT2D eigenvalue weighted by atomic mass is 10.1. The molecule has 0 bridgehead atoms. The largest absolute Gasteiger partial charge is 0.494 e. The van der Waals surface area contributed by atoms with Gasteiger partial charge in [-0.25, -0.2) is 13.6 Å². The van der Waals surface area contributed by atoms with Crippen molar-refractivity contribution in [3.8, 4) is 11.5 Å². The van der Waals surface area contributed by atoms with E-state index in [0.29, 0.717) is 30.8 Å². The highest BCUT2D eigenvalue weighted by Crippen LogP contribution is 2.44. The lowest BCUT2D eigenvalue weighted by Gasteiger charge is -2.32.